The number of likely N-dealkylation sites (N-methyl/N-ethyl adjacent to an activating group) is 1. The van der Waals surface area contributed by atoms with Crippen molar-refractivity contribution in [3.63, 3.8) is 0 Å². The van der Waals surface area contributed by atoms with Gasteiger partial charge in [-0.1, -0.05) is 0 Å². The van der Waals surface area contributed by atoms with E-state index in [4.69, 9.17) is 0 Å². The SMILES string of the molecule is CN(C)CCNC(=O)c1cc(C(=O)Nc2ccc(N3CCCC3)cc2)ccn1. The molecule has 0 saturated carbocycles. The number of carbonyl (C=O) groups is 2. The number of hydrogen-bond acceptors (Lipinski definition) is 5. The monoisotopic (exact) mass is 381 g/mol. The van der Waals surface area contributed by atoms with Crippen LogP contribution in [0.3, 0.4) is 0 Å². The zero-order chi connectivity index (χ0) is 19.9. The van der Waals surface area contributed by atoms with Gasteiger partial charge in [0.05, 0.1) is 0 Å². The number of aromatic nitrogens is 1. The highest BCUT2D eigenvalue weighted by molar-refractivity contribution is 6.05. The molecule has 0 spiro atoms. The molecule has 3 rings (SSSR count). The Morgan fingerprint density at radius 2 is 1.79 bits per heavy atom. The number of nitrogens with zero attached hydrogens (tertiary/aromatic N) is 3. The second kappa shape index (κ2) is 9.32. The molecule has 1 saturated heterocycles. The van der Waals surface area contributed by atoms with Crippen molar-refractivity contribution in [3.05, 3.63) is 53.9 Å². The first kappa shape index (κ1) is 19.8. The molecule has 1 aliphatic rings. The van der Waals surface area contributed by atoms with Crippen molar-refractivity contribution in [1.29, 1.82) is 0 Å². The van der Waals surface area contributed by atoms with Gasteiger partial charge in [-0.05, 0) is 63.3 Å². The van der Waals surface area contributed by atoms with Gasteiger partial charge in [-0.3, -0.25) is 14.6 Å². The second-order valence-electron chi connectivity index (χ2n) is 7.18. The standard InChI is InChI=1S/C21H27N5O2/c1-25(2)14-11-23-21(28)19-15-16(9-10-22-19)20(27)24-17-5-7-18(8-6-17)26-12-3-4-13-26/h5-10,15H,3-4,11-14H2,1-2H3,(H,23,28)(H,24,27). The van der Waals surface area contributed by atoms with Crippen molar-refractivity contribution in [2.45, 2.75) is 12.8 Å². The Morgan fingerprint density at radius 3 is 2.46 bits per heavy atom. The van der Waals surface area contributed by atoms with Crippen LogP contribution >= 0.6 is 0 Å². The Hall–Kier alpha value is -2.93. The summed E-state index contributed by atoms with van der Waals surface area (Å²) in [5.41, 5.74) is 2.53. The number of rotatable bonds is 7. The molecular weight excluding hydrogens is 354 g/mol. The van der Waals surface area contributed by atoms with E-state index in [1.54, 1.807) is 6.07 Å². The summed E-state index contributed by atoms with van der Waals surface area (Å²) >= 11 is 0. The van der Waals surface area contributed by atoms with E-state index in [0.717, 1.165) is 25.3 Å². The van der Waals surface area contributed by atoms with Crippen LogP contribution < -0.4 is 15.5 Å². The normalized spacial score (nSPS) is 13.6. The lowest BCUT2D eigenvalue weighted by molar-refractivity contribution is 0.0946. The Kier molecular flexibility index (Phi) is 6.60. The molecule has 0 radical (unpaired) electrons. The molecule has 0 bridgehead atoms. The van der Waals surface area contributed by atoms with Crippen LogP contribution in [-0.2, 0) is 0 Å². The zero-order valence-electron chi connectivity index (χ0n) is 16.4. The molecule has 1 fully saturated rings. The third-order valence-electron chi connectivity index (χ3n) is 4.70. The van der Waals surface area contributed by atoms with Gasteiger partial charge in [0.1, 0.15) is 5.69 Å². The summed E-state index contributed by atoms with van der Waals surface area (Å²) in [5.74, 6) is -0.551. The van der Waals surface area contributed by atoms with Crippen molar-refractivity contribution >= 4 is 23.2 Å². The quantitative estimate of drug-likeness (QED) is 0.769. The summed E-state index contributed by atoms with van der Waals surface area (Å²) in [5, 5.41) is 5.68. The summed E-state index contributed by atoms with van der Waals surface area (Å²) in [6.07, 6.45) is 3.93. The number of amides is 2. The van der Waals surface area contributed by atoms with E-state index in [1.165, 1.54) is 30.8 Å². The Bertz CT molecular complexity index is 814. The smallest absolute Gasteiger partial charge is 0.269 e. The molecule has 2 N–H and O–H groups in total. The third kappa shape index (κ3) is 5.29. The molecule has 7 nitrogen and oxygen atoms in total. The van der Waals surface area contributed by atoms with Crippen LogP contribution in [-0.4, -0.2) is 62.0 Å². The van der Waals surface area contributed by atoms with Crippen LogP contribution in [0.2, 0.25) is 0 Å². The van der Waals surface area contributed by atoms with E-state index in [2.05, 4.69) is 20.5 Å². The largest absolute Gasteiger partial charge is 0.372 e. The second-order valence-corrected chi connectivity index (χ2v) is 7.18. The highest BCUT2D eigenvalue weighted by atomic mass is 16.2. The molecule has 1 aliphatic heterocycles. The fourth-order valence-corrected chi connectivity index (χ4v) is 3.11. The molecule has 2 heterocycles. The molecule has 2 amide bonds. The molecule has 148 valence electrons. The molecule has 0 aliphatic carbocycles. The van der Waals surface area contributed by atoms with Crippen LogP contribution in [0.5, 0.6) is 0 Å². The lowest BCUT2D eigenvalue weighted by Crippen LogP contribution is -2.32. The highest BCUT2D eigenvalue weighted by Crippen LogP contribution is 2.22. The van der Waals surface area contributed by atoms with Crippen LogP contribution in [0.4, 0.5) is 11.4 Å². The average molecular weight is 381 g/mol. The van der Waals surface area contributed by atoms with E-state index in [-0.39, 0.29) is 17.5 Å². The summed E-state index contributed by atoms with van der Waals surface area (Å²) in [6.45, 7) is 3.43. The first-order valence-electron chi connectivity index (χ1n) is 9.58. The van der Waals surface area contributed by atoms with Gasteiger partial charge in [0.2, 0.25) is 0 Å². The highest BCUT2D eigenvalue weighted by Gasteiger charge is 2.14. The summed E-state index contributed by atoms with van der Waals surface area (Å²) in [4.78, 5) is 33.1. The maximum Gasteiger partial charge on any atom is 0.269 e. The number of nitrogens with one attached hydrogen (secondary N) is 2. The van der Waals surface area contributed by atoms with E-state index < -0.39 is 0 Å². The molecule has 2 aromatic rings. The Labute approximate surface area is 165 Å². The van der Waals surface area contributed by atoms with Crippen molar-refractivity contribution in [2.75, 3.05) is 50.5 Å². The lowest BCUT2D eigenvalue weighted by Gasteiger charge is -2.17. The summed E-state index contributed by atoms with van der Waals surface area (Å²) < 4.78 is 0. The van der Waals surface area contributed by atoms with E-state index in [0.29, 0.717) is 12.1 Å². The number of pyridine rings is 1. The zero-order valence-corrected chi connectivity index (χ0v) is 16.4. The minimum atomic E-state index is -0.286. The fraction of sp³-hybridized carbons (Fsp3) is 0.381. The topological polar surface area (TPSA) is 77.6 Å². The van der Waals surface area contributed by atoms with Crippen LogP contribution in [0, 0.1) is 0 Å². The fourth-order valence-electron chi connectivity index (χ4n) is 3.11. The Balaban J connectivity index is 1.60. The average Bonchev–Trinajstić information content (AvgIpc) is 3.23. The van der Waals surface area contributed by atoms with Crippen molar-refractivity contribution < 1.29 is 9.59 Å². The molecule has 28 heavy (non-hydrogen) atoms. The Morgan fingerprint density at radius 1 is 1.07 bits per heavy atom. The number of benzene rings is 1. The van der Waals surface area contributed by atoms with E-state index >= 15 is 0 Å². The molecule has 0 unspecified atom stereocenters. The first-order valence-corrected chi connectivity index (χ1v) is 9.58. The van der Waals surface area contributed by atoms with Gasteiger partial charge in [-0.15, -0.1) is 0 Å². The molecule has 1 aromatic carbocycles. The van der Waals surface area contributed by atoms with Gasteiger partial charge in [0.25, 0.3) is 11.8 Å². The summed E-state index contributed by atoms with van der Waals surface area (Å²) in [7, 11) is 3.88. The maximum atomic E-state index is 12.5. The van der Waals surface area contributed by atoms with Crippen molar-refractivity contribution in [1.82, 2.24) is 15.2 Å². The van der Waals surface area contributed by atoms with Crippen LogP contribution in [0.15, 0.2) is 42.6 Å². The van der Waals surface area contributed by atoms with Gasteiger partial charge in [-0.25, -0.2) is 0 Å². The van der Waals surface area contributed by atoms with Crippen LogP contribution in [0.1, 0.15) is 33.7 Å². The van der Waals surface area contributed by atoms with E-state index in [1.807, 2.05) is 43.3 Å². The minimum Gasteiger partial charge on any atom is -0.372 e. The van der Waals surface area contributed by atoms with E-state index in [9.17, 15) is 9.59 Å². The first-order chi connectivity index (χ1) is 13.5. The molecular formula is C21H27N5O2. The number of hydrogen-bond donors (Lipinski definition) is 2. The predicted molar refractivity (Wildman–Crippen MR) is 111 cm³/mol. The van der Waals surface area contributed by atoms with Gasteiger partial charge in [0.15, 0.2) is 0 Å². The van der Waals surface area contributed by atoms with Gasteiger partial charge >= 0.3 is 0 Å². The lowest BCUT2D eigenvalue weighted by atomic mass is 10.2. The molecule has 1 aromatic heterocycles. The molecule has 0 atom stereocenters. The predicted octanol–water partition coefficient (Wildman–Crippen LogP) is 2.23. The summed E-state index contributed by atoms with van der Waals surface area (Å²) in [6, 6.07) is 11.0. The third-order valence-corrected chi connectivity index (χ3v) is 4.70. The number of carbonyl (C=O) groups excluding carboxylic acids is 2. The van der Waals surface area contributed by atoms with Crippen molar-refractivity contribution in [3.8, 4) is 0 Å². The van der Waals surface area contributed by atoms with Crippen molar-refractivity contribution in [2.24, 2.45) is 0 Å². The minimum absolute atomic E-state index is 0.232. The maximum absolute atomic E-state index is 12.5. The molecule has 7 heteroatoms. The van der Waals surface area contributed by atoms with Gasteiger partial charge in [-0.2, -0.15) is 0 Å². The van der Waals surface area contributed by atoms with Gasteiger partial charge in [0, 0.05) is 49.3 Å². The van der Waals surface area contributed by atoms with Crippen LogP contribution in [0.25, 0.3) is 0 Å². The van der Waals surface area contributed by atoms with Gasteiger partial charge < -0.3 is 20.4 Å². The number of anilines is 2.